The smallest absolute Gasteiger partial charge is 0.0422 e. The zero-order chi connectivity index (χ0) is 24.9. The van der Waals surface area contributed by atoms with Crippen molar-refractivity contribution in [3.63, 3.8) is 0 Å². The van der Waals surface area contributed by atoms with Crippen LogP contribution in [-0.4, -0.2) is 12.1 Å². The van der Waals surface area contributed by atoms with Crippen molar-refractivity contribution in [3.05, 3.63) is 77.5 Å². The quantitative estimate of drug-likeness (QED) is 0.339. The van der Waals surface area contributed by atoms with Crippen LogP contribution in [0.4, 0.5) is 5.69 Å². The highest BCUT2D eigenvalue weighted by Gasteiger charge is 2.31. The van der Waals surface area contributed by atoms with Crippen molar-refractivity contribution in [1.82, 2.24) is 5.32 Å². The standard InChI is InChI=1S/C33H46N2/c1-7-30(34-32-19-17-22(3)26-13-9-11-15-28(26)32)24(5)21-25(6)31(8-2)35-33-20-18-23(4)27-14-10-12-16-29(27)33/h9-11,13-15,17-20,24-25,27,29-31,34-35H,7-8,12,16,21H2,1-6H3. The third-order valence-electron chi connectivity index (χ3n) is 8.70. The van der Waals surface area contributed by atoms with Crippen LogP contribution in [0.5, 0.6) is 0 Å². The Kier molecular flexibility index (Phi) is 8.42. The number of nitrogens with one attached hydrogen (secondary N) is 2. The summed E-state index contributed by atoms with van der Waals surface area (Å²) in [4.78, 5) is 0. The normalized spacial score (nSPS) is 23.0. The molecule has 35 heavy (non-hydrogen) atoms. The Bertz CT molecular complexity index is 1090. The molecule has 0 fully saturated rings. The topological polar surface area (TPSA) is 24.1 Å². The highest BCUT2D eigenvalue weighted by atomic mass is 15.0. The molecule has 188 valence electrons. The maximum atomic E-state index is 4.03. The molecule has 0 spiro atoms. The maximum absolute atomic E-state index is 4.03. The predicted octanol–water partition coefficient (Wildman–Crippen LogP) is 8.80. The van der Waals surface area contributed by atoms with E-state index in [9.17, 15) is 0 Å². The van der Waals surface area contributed by atoms with Crippen LogP contribution in [0.25, 0.3) is 10.8 Å². The molecule has 2 aromatic rings. The van der Waals surface area contributed by atoms with E-state index in [0.29, 0.717) is 35.8 Å². The number of anilines is 1. The zero-order valence-electron chi connectivity index (χ0n) is 22.8. The number of benzene rings is 2. The first-order valence-electron chi connectivity index (χ1n) is 14.0. The van der Waals surface area contributed by atoms with Gasteiger partial charge >= 0.3 is 0 Å². The van der Waals surface area contributed by atoms with Crippen LogP contribution in [-0.2, 0) is 0 Å². The average Bonchev–Trinajstić information content (AvgIpc) is 2.88. The molecule has 2 nitrogen and oxygen atoms in total. The fourth-order valence-electron chi connectivity index (χ4n) is 6.46. The van der Waals surface area contributed by atoms with Gasteiger partial charge in [-0.1, -0.05) is 81.8 Å². The van der Waals surface area contributed by atoms with Gasteiger partial charge in [0.05, 0.1) is 0 Å². The number of allylic oxidation sites excluding steroid dienone is 6. The van der Waals surface area contributed by atoms with Crippen molar-refractivity contribution in [2.75, 3.05) is 5.32 Å². The number of hydrogen-bond donors (Lipinski definition) is 2. The molecule has 0 aliphatic heterocycles. The SMILES string of the molecule is CCC(NC1=CC=C(C)C2C=CCCC12)C(C)CC(C)C(CC)Nc1ccc(C)c2ccccc12. The van der Waals surface area contributed by atoms with Gasteiger partial charge in [-0.25, -0.2) is 0 Å². The van der Waals surface area contributed by atoms with E-state index in [-0.39, 0.29) is 0 Å². The van der Waals surface area contributed by atoms with E-state index >= 15 is 0 Å². The molecular formula is C33H46N2. The molecular weight excluding hydrogens is 424 g/mol. The number of fused-ring (bicyclic) bond motifs is 2. The lowest BCUT2D eigenvalue weighted by molar-refractivity contribution is 0.287. The van der Waals surface area contributed by atoms with Crippen molar-refractivity contribution in [2.24, 2.45) is 23.7 Å². The number of aryl methyl sites for hydroxylation is 1. The fraction of sp³-hybridized carbons (Fsp3) is 0.515. The van der Waals surface area contributed by atoms with Gasteiger partial charge in [0.25, 0.3) is 0 Å². The van der Waals surface area contributed by atoms with Crippen LogP contribution >= 0.6 is 0 Å². The van der Waals surface area contributed by atoms with Gasteiger partial charge in [-0.15, -0.1) is 0 Å². The van der Waals surface area contributed by atoms with E-state index in [1.54, 1.807) is 0 Å². The van der Waals surface area contributed by atoms with E-state index in [0.717, 1.165) is 12.8 Å². The summed E-state index contributed by atoms with van der Waals surface area (Å²) in [6.45, 7) is 14.1. The van der Waals surface area contributed by atoms with Crippen molar-refractivity contribution in [3.8, 4) is 0 Å². The molecule has 2 aliphatic rings. The van der Waals surface area contributed by atoms with Crippen LogP contribution in [0.3, 0.4) is 0 Å². The molecule has 0 aromatic heterocycles. The summed E-state index contributed by atoms with van der Waals surface area (Å²) in [5, 5.41) is 10.7. The second-order valence-corrected chi connectivity index (χ2v) is 11.2. The van der Waals surface area contributed by atoms with Gasteiger partial charge < -0.3 is 10.6 Å². The van der Waals surface area contributed by atoms with Gasteiger partial charge in [0.15, 0.2) is 0 Å². The summed E-state index contributed by atoms with van der Waals surface area (Å²) in [7, 11) is 0. The van der Waals surface area contributed by atoms with Crippen LogP contribution in [0.1, 0.15) is 72.3 Å². The van der Waals surface area contributed by atoms with Gasteiger partial charge in [-0.05, 0) is 80.9 Å². The van der Waals surface area contributed by atoms with Crippen LogP contribution in [0.15, 0.2) is 72.0 Å². The molecule has 0 saturated carbocycles. The molecule has 0 bridgehead atoms. The summed E-state index contributed by atoms with van der Waals surface area (Å²) in [5.74, 6) is 2.43. The molecule has 0 amide bonds. The van der Waals surface area contributed by atoms with E-state index in [4.69, 9.17) is 0 Å². The van der Waals surface area contributed by atoms with Gasteiger partial charge in [0, 0.05) is 40.7 Å². The minimum absolute atomic E-state index is 0.466. The molecule has 6 atom stereocenters. The van der Waals surface area contributed by atoms with E-state index in [1.807, 2.05) is 0 Å². The fourth-order valence-corrected chi connectivity index (χ4v) is 6.46. The monoisotopic (exact) mass is 470 g/mol. The van der Waals surface area contributed by atoms with Crippen LogP contribution in [0, 0.1) is 30.6 Å². The highest BCUT2D eigenvalue weighted by Crippen LogP contribution is 2.38. The summed E-state index contributed by atoms with van der Waals surface area (Å²) in [6.07, 6.45) is 15.5. The van der Waals surface area contributed by atoms with Crippen LogP contribution in [0.2, 0.25) is 0 Å². The number of hydrogen-bond acceptors (Lipinski definition) is 2. The lowest BCUT2D eigenvalue weighted by Gasteiger charge is -2.38. The van der Waals surface area contributed by atoms with Crippen LogP contribution < -0.4 is 10.6 Å². The molecule has 4 rings (SSSR count). The van der Waals surface area contributed by atoms with Gasteiger partial charge in [0.2, 0.25) is 0 Å². The minimum atomic E-state index is 0.466. The molecule has 0 saturated heterocycles. The second-order valence-electron chi connectivity index (χ2n) is 11.2. The van der Waals surface area contributed by atoms with Gasteiger partial charge in [0.1, 0.15) is 0 Å². The minimum Gasteiger partial charge on any atom is -0.385 e. The Morgan fingerprint density at radius 2 is 1.54 bits per heavy atom. The third-order valence-corrected chi connectivity index (χ3v) is 8.70. The van der Waals surface area contributed by atoms with Crippen molar-refractivity contribution < 1.29 is 0 Å². The Morgan fingerprint density at radius 3 is 2.26 bits per heavy atom. The van der Waals surface area contributed by atoms with E-state index in [2.05, 4.69) is 113 Å². The predicted molar refractivity (Wildman–Crippen MR) is 154 cm³/mol. The van der Waals surface area contributed by atoms with Crippen molar-refractivity contribution in [2.45, 2.75) is 85.7 Å². The average molecular weight is 471 g/mol. The molecule has 0 heterocycles. The molecule has 6 unspecified atom stereocenters. The third kappa shape index (κ3) is 5.68. The molecule has 2 aromatic carbocycles. The largest absolute Gasteiger partial charge is 0.385 e. The Hall–Kier alpha value is -2.48. The Labute approximate surface area is 214 Å². The maximum Gasteiger partial charge on any atom is 0.0422 e. The molecule has 2 N–H and O–H groups in total. The second kappa shape index (κ2) is 11.5. The Balaban J connectivity index is 1.43. The lowest BCUT2D eigenvalue weighted by Crippen LogP contribution is -2.40. The summed E-state index contributed by atoms with van der Waals surface area (Å²) >= 11 is 0. The summed E-state index contributed by atoms with van der Waals surface area (Å²) in [5.41, 5.74) is 5.59. The molecule has 2 heteroatoms. The van der Waals surface area contributed by atoms with Crippen molar-refractivity contribution >= 4 is 16.5 Å². The summed E-state index contributed by atoms with van der Waals surface area (Å²) in [6, 6.07) is 14.3. The first-order chi connectivity index (χ1) is 16.9. The molecule has 0 radical (unpaired) electrons. The van der Waals surface area contributed by atoms with E-state index in [1.165, 1.54) is 52.6 Å². The van der Waals surface area contributed by atoms with Gasteiger partial charge in [-0.2, -0.15) is 0 Å². The zero-order valence-corrected chi connectivity index (χ0v) is 22.8. The lowest BCUT2D eigenvalue weighted by atomic mass is 9.74. The van der Waals surface area contributed by atoms with Crippen molar-refractivity contribution in [1.29, 1.82) is 0 Å². The van der Waals surface area contributed by atoms with E-state index < -0.39 is 0 Å². The highest BCUT2D eigenvalue weighted by molar-refractivity contribution is 5.96. The Morgan fingerprint density at radius 1 is 0.857 bits per heavy atom. The first-order valence-corrected chi connectivity index (χ1v) is 14.0. The number of rotatable bonds is 10. The molecule has 2 aliphatic carbocycles. The first kappa shape index (κ1) is 25.6. The summed E-state index contributed by atoms with van der Waals surface area (Å²) < 4.78 is 0. The van der Waals surface area contributed by atoms with Gasteiger partial charge in [-0.3, -0.25) is 0 Å².